The molecule has 0 amide bonds. The van der Waals surface area contributed by atoms with Crippen molar-refractivity contribution in [2.45, 2.75) is 25.8 Å². The van der Waals surface area contributed by atoms with Crippen LogP contribution in [0.2, 0.25) is 0 Å². The first-order valence-corrected chi connectivity index (χ1v) is 10.3. The lowest BCUT2D eigenvalue weighted by Gasteiger charge is -2.31. The number of ether oxygens (including phenoxy) is 1. The summed E-state index contributed by atoms with van der Waals surface area (Å²) in [5.41, 5.74) is 3.92. The molecule has 2 atom stereocenters. The number of rotatable bonds is 6. The standard InChI is InChI=1S/C27H25NO3/c1-18-24(19(2)29)25(20-14-16-23(31-3)17-15-20)26(27(30)21-10-6-4-7-11-21)28(18)22-12-8-5-9-13-22/h4-17,25-26H,1-3H3. The molecule has 1 aliphatic heterocycles. The molecule has 4 nitrogen and oxygen atoms in total. The molecule has 1 aliphatic rings. The zero-order valence-corrected chi connectivity index (χ0v) is 17.9. The maximum Gasteiger partial charge on any atom is 0.186 e. The molecule has 0 radical (unpaired) electrons. The van der Waals surface area contributed by atoms with E-state index in [9.17, 15) is 9.59 Å². The molecule has 3 aromatic carbocycles. The summed E-state index contributed by atoms with van der Waals surface area (Å²) in [5, 5.41) is 0. The van der Waals surface area contributed by atoms with Crippen LogP contribution in [0, 0.1) is 0 Å². The van der Waals surface area contributed by atoms with Gasteiger partial charge in [-0.05, 0) is 43.7 Å². The summed E-state index contributed by atoms with van der Waals surface area (Å²) in [4.78, 5) is 28.7. The van der Waals surface area contributed by atoms with Crippen LogP contribution in [0.4, 0.5) is 5.69 Å². The molecule has 0 bridgehead atoms. The van der Waals surface area contributed by atoms with Gasteiger partial charge in [0, 0.05) is 28.4 Å². The zero-order valence-electron chi connectivity index (χ0n) is 17.9. The van der Waals surface area contributed by atoms with Crippen molar-refractivity contribution in [2.24, 2.45) is 0 Å². The fourth-order valence-corrected chi connectivity index (χ4v) is 4.49. The van der Waals surface area contributed by atoms with Crippen LogP contribution < -0.4 is 9.64 Å². The second kappa shape index (κ2) is 8.60. The van der Waals surface area contributed by atoms with Crippen molar-refractivity contribution in [3.05, 3.63) is 107 Å². The number of ketones is 2. The number of hydrogen-bond acceptors (Lipinski definition) is 4. The second-order valence-corrected chi connectivity index (χ2v) is 7.69. The number of nitrogens with zero attached hydrogens (tertiary/aromatic N) is 1. The number of benzene rings is 3. The molecular formula is C27H25NO3. The van der Waals surface area contributed by atoms with E-state index >= 15 is 0 Å². The molecule has 0 aliphatic carbocycles. The van der Waals surface area contributed by atoms with Crippen molar-refractivity contribution in [1.29, 1.82) is 0 Å². The van der Waals surface area contributed by atoms with Gasteiger partial charge in [0.1, 0.15) is 11.8 Å². The van der Waals surface area contributed by atoms with Crippen LogP contribution in [-0.4, -0.2) is 24.7 Å². The van der Waals surface area contributed by atoms with Gasteiger partial charge in [0.15, 0.2) is 11.6 Å². The lowest BCUT2D eigenvalue weighted by Crippen LogP contribution is -2.40. The molecular weight excluding hydrogens is 386 g/mol. The van der Waals surface area contributed by atoms with Gasteiger partial charge >= 0.3 is 0 Å². The van der Waals surface area contributed by atoms with Crippen LogP contribution in [0.3, 0.4) is 0 Å². The molecule has 0 fully saturated rings. The van der Waals surface area contributed by atoms with Gasteiger partial charge in [0.05, 0.1) is 7.11 Å². The van der Waals surface area contributed by atoms with Gasteiger partial charge in [-0.25, -0.2) is 0 Å². The summed E-state index contributed by atoms with van der Waals surface area (Å²) in [6, 6.07) is 26.1. The van der Waals surface area contributed by atoms with Crippen LogP contribution in [0.15, 0.2) is 96.2 Å². The third-order valence-corrected chi connectivity index (χ3v) is 5.87. The van der Waals surface area contributed by atoms with Crippen LogP contribution in [0.25, 0.3) is 0 Å². The predicted molar refractivity (Wildman–Crippen MR) is 123 cm³/mol. The van der Waals surface area contributed by atoms with Crippen molar-refractivity contribution in [3.63, 3.8) is 0 Å². The molecule has 156 valence electrons. The molecule has 2 unspecified atom stereocenters. The van der Waals surface area contributed by atoms with Gasteiger partial charge in [0.25, 0.3) is 0 Å². The first kappa shape index (κ1) is 20.6. The fraction of sp³-hybridized carbons (Fsp3) is 0.185. The molecule has 4 heteroatoms. The second-order valence-electron chi connectivity index (χ2n) is 7.69. The van der Waals surface area contributed by atoms with Crippen LogP contribution >= 0.6 is 0 Å². The van der Waals surface area contributed by atoms with Gasteiger partial charge in [0.2, 0.25) is 0 Å². The quantitative estimate of drug-likeness (QED) is 0.509. The molecule has 4 rings (SSSR count). The largest absolute Gasteiger partial charge is 0.497 e. The van der Waals surface area contributed by atoms with Crippen molar-refractivity contribution in [1.82, 2.24) is 0 Å². The monoisotopic (exact) mass is 411 g/mol. The van der Waals surface area contributed by atoms with E-state index in [1.54, 1.807) is 14.0 Å². The van der Waals surface area contributed by atoms with Gasteiger partial charge in [-0.3, -0.25) is 9.59 Å². The number of Topliss-reactive ketones (excluding diaryl/α,β-unsaturated/α-hetero) is 2. The Labute approximate surface area is 182 Å². The number of carbonyl (C=O) groups is 2. The Hall–Kier alpha value is -3.66. The summed E-state index contributed by atoms with van der Waals surface area (Å²) >= 11 is 0. The molecule has 0 saturated carbocycles. The zero-order chi connectivity index (χ0) is 22.0. The Morgan fingerprint density at radius 1 is 0.839 bits per heavy atom. The molecule has 0 aromatic heterocycles. The summed E-state index contributed by atoms with van der Waals surface area (Å²) in [5.74, 6) is 0.317. The van der Waals surface area contributed by atoms with Gasteiger partial charge in [-0.1, -0.05) is 60.7 Å². The molecule has 3 aromatic rings. The Balaban J connectivity index is 1.91. The Kier molecular flexibility index (Phi) is 5.72. The van der Waals surface area contributed by atoms with Crippen molar-refractivity contribution in [3.8, 4) is 5.75 Å². The van der Waals surface area contributed by atoms with Gasteiger partial charge < -0.3 is 9.64 Å². The first-order valence-electron chi connectivity index (χ1n) is 10.3. The van der Waals surface area contributed by atoms with Crippen molar-refractivity contribution >= 4 is 17.3 Å². The van der Waals surface area contributed by atoms with Gasteiger partial charge in [-0.15, -0.1) is 0 Å². The van der Waals surface area contributed by atoms with Crippen molar-refractivity contribution < 1.29 is 14.3 Å². The highest BCUT2D eigenvalue weighted by molar-refractivity contribution is 6.08. The summed E-state index contributed by atoms with van der Waals surface area (Å²) in [6.07, 6.45) is 0. The van der Waals surface area contributed by atoms with E-state index in [-0.39, 0.29) is 17.5 Å². The van der Waals surface area contributed by atoms with E-state index in [2.05, 4.69) is 0 Å². The first-order chi connectivity index (χ1) is 15.0. The minimum absolute atomic E-state index is 0.0131. The number of carbonyl (C=O) groups excluding carboxylic acids is 2. The molecule has 31 heavy (non-hydrogen) atoms. The highest BCUT2D eigenvalue weighted by Gasteiger charge is 2.46. The third-order valence-electron chi connectivity index (χ3n) is 5.87. The van der Waals surface area contributed by atoms with Gasteiger partial charge in [-0.2, -0.15) is 0 Å². The summed E-state index contributed by atoms with van der Waals surface area (Å²) in [6.45, 7) is 3.51. The number of anilines is 1. The normalized spacial score (nSPS) is 18.2. The predicted octanol–water partition coefficient (Wildman–Crippen LogP) is 5.41. The number of allylic oxidation sites excluding steroid dienone is 1. The van der Waals surface area contributed by atoms with E-state index in [0.29, 0.717) is 11.1 Å². The fourth-order valence-electron chi connectivity index (χ4n) is 4.49. The topological polar surface area (TPSA) is 46.6 Å². The summed E-state index contributed by atoms with van der Waals surface area (Å²) in [7, 11) is 1.62. The maximum atomic E-state index is 13.8. The number of para-hydroxylation sites is 1. The maximum absolute atomic E-state index is 13.8. The lowest BCUT2D eigenvalue weighted by atomic mass is 9.82. The average Bonchev–Trinajstić information content (AvgIpc) is 3.12. The van der Waals surface area contributed by atoms with Crippen molar-refractivity contribution in [2.75, 3.05) is 12.0 Å². The van der Waals surface area contributed by atoms with E-state index in [1.165, 1.54) is 0 Å². The minimum atomic E-state index is -0.558. The van der Waals surface area contributed by atoms with Crippen LogP contribution in [0.5, 0.6) is 5.75 Å². The lowest BCUT2D eigenvalue weighted by molar-refractivity contribution is -0.113. The van der Waals surface area contributed by atoms with E-state index in [0.717, 1.165) is 22.7 Å². The number of hydrogen-bond donors (Lipinski definition) is 0. The highest BCUT2D eigenvalue weighted by Crippen LogP contribution is 2.45. The number of methoxy groups -OCH3 is 1. The van der Waals surface area contributed by atoms with E-state index in [1.807, 2.05) is 96.8 Å². The van der Waals surface area contributed by atoms with E-state index in [4.69, 9.17) is 4.74 Å². The molecule has 1 heterocycles. The minimum Gasteiger partial charge on any atom is -0.497 e. The molecule has 0 spiro atoms. The third kappa shape index (κ3) is 3.77. The average molecular weight is 412 g/mol. The summed E-state index contributed by atoms with van der Waals surface area (Å²) < 4.78 is 5.30. The Bertz CT molecular complexity index is 1120. The molecule has 0 saturated heterocycles. The van der Waals surface area contributed by atoms with Crippen LogP contribution in [0.1, 0.15) is 35.7 Å². The SMILES string of the molecule is COc1ccc(C2C(C(C)=O)=C(C)N(c3ccccc3)C2C(=O)c2ccccc2)cc1. The Morgan fingerprint density at radius 3 is 1.97 bits per heavy atom. The van der Waals surface area contributed by atoms with Crippen LogP contribution in [-0.2, 0) is 4.79 Å². The highest BCUT2D eigenvalue weighted by atomic mass is 16.5. The smallest absolute Gasteiger partial charge is 0.186 e. The van der Waals surface area contributed by atoms with E-state index < -0.39 is 6.04 Å². The Morgan fingerprint density at radius 2 is 1.42 bits per heavy atom. The molecule has 0 N–H and O–H groups in total.